The Kier molecular flexibility index (Phi) is 6.34. The molecule has 0 unspecified atom stereocenters. The Bertz CT molecular complexity index is 570. The van der Waals surface area contributed by atoms with Gasteiger partial charge in [-0.3, -0.25) is 0 Å². The summed E-state index contributed by atoms with van der Waals surface area (Å²) >= 11 is 6.07. The third kappa shape index (κ3) is 3.89. The average molecular weight is 312 g/mol. The number of benzene rings is 2. The van der Waals surface area contributed by atoms with Crippen LogP contribution in [0.4, 0.5) is 0 Å². The summed E-state index contributed by atoms with van der Waals surface area (Å²) < 4.78 is 5.29. The standard InChI is InChI=1S/C16H18ClNO.ClH/c1-18(2)11-13-6-4-5-7-14(13)12-8-9-15(17)16(10-12)19-3;/h4-10H,11H2,1-3H3;1H. The van der Waals surface area contributed by atoms with Crippen molar-refractivity contribution in [1.29, 1.82) is 0 Å². The van der Waals surface area contributed by atoms with Crippen molar-refractivity contribution < 1.29 is 4.74 Å². The van der Waals surface area contributed by atoms with Crippen LogP contribution in [0, 0.1) is 0 Å². The van der Waals surface area contributed by atoms with E-state index in [0.717, 1.165) is 12.1 Å². The molecule has 2 aromatic carbocycles. The minimum Gasteiger partial charge on any atom is -0.495 e. The Labute approximate surface area is 131 Å². The number of nitrogens with zero attached hydrogens (tertiary/aromatic N) is 1. The van der Waals surface area contributed by atoms with E-state index in [0.29, 0.717) is 10.8 Å². The van der Waals surface area contributed by atoms with E-state index >= 15 is 0 Å². The van der Waals surface area contributed by atoms with Gasteiger partial charge in [-0.05, 0) is 42.9 Å². The monoisotopic (exact) mass is 311 g/mol. The van der Waals surface area contributed by atoms with E-state index in [-0.39, 0.29) is 12.4 Å². The Hall–Kier alpha value is -1.22. The first-order chi connectivity index (χ1) is 9.11. The molecule has 0 saturated carbocycles. The molecule has 4 heteroatoms. The number of ether oxygens (including phenoxy) is 1. The minimum absolute atomic E-state index is 0. The van der Waals surface area contributed by atoms with Crippen LogP contribution in [0.15, 0.2) is 42.5 Å². The second-order valence-electron chi connectivity index (χ2n) is 4.74. The van der Waals surface area contributed by atoms with Crippen molar-refractivity contribution in [3.05, 3.63) is 53.1 Å². The highest BCUT2D eigenvalue weighted by Crippen LogP contribution is 2.32. The van der Waals surface area contributed by atoms with Crippen LogP contribution in [0.5, 0.6) is 5.75 Å². The third-order valence-corrected chi connectivity index (χ3v) is 3.28. The van der Waals surface area contributed by atoms with E-state index in [2.05, 4.69) is 43.3 Å². The van der Waals surface area contributed by atoms with Crippen molar-refractivity contribution in [3.8, 4) is 16.9 Å². The van der Waals surface area contributed by atoms with Crippen molar-refractivity contribution in [1.82, 2.24) is 4.90 Å². The lowest BCUT2D eigenvalue weighted by atomic mass is 9.99. The largest absolute Gasteiger partial charge is 0.495 e. The van der Waals surface area contributed by atoms with Gasteiger partial charge in [0.1, 0.15) is 5.75 Å². The number of rotatable bonds is 4. The zero-order chi connectivity index (χ0) is 13.8. The highest BCUT2D eigenvalue weighted by molar-refractivity contribution is 6.32. The number of halogens is 2. The van der Waals surface area contributed by atoms with E-state index in [1.165, 1.54) is 11.1 Å². The van der Waals surface area contributed by atoms with Crippen LogP contribution < -0.4 is 4.74 Å². The van der Waals surface area contributed by atoms with Crippen LogP contribution in [0.25, 0.3) is 11.1 Å². The van der Waals surface area contributed by atoms with Gasteiger partial charge in [-0.2, -0.15) is 0 Å². The van der Waals surface area contributed by atoms with Crippen LogP contribution in [0.1, 0.15) is 5.56 Å². The fraction of sp³-hybridized carbons (Fsp3) is 0.250. The van der Waals surface area contributed by atoms with Gasteiger partial charge in [-0.15, -0.1) is 12.4 Å². The molecule has 0 heterocycles. The second-order valence-corrected chi connectivity index (χ2v) is 5.15. The lowest BCUT2D eigenvalue weighted by Crippen LogP contribution is -2.11. The zero-order valence-electron chi connectivity index (χ0n) is 11.9. The van der Waals surface area contributed by atoms with E-state index in [4.69, 9.17) is 16.3 Å². The zero-order valence-corrected chi connectivity index (χ0v) is 13.5. The second kappa shape index (κ2) is 7.53. The lowest BCUT2D eigenvalue weighted by molar-refractivity contribution is 0.403. The molecule has 0 bridgehead atoms. The molecular weight excluding hydrogens is 293 g/mol. The van der Waals surface area contributed by atoms with Gasteiger partial charge in [-0.25, -0.2) is 0 Å². The molecule has 2 nitrogen and oxygen atoms in total. The smallest absolute Gasteiger partial charge is 0.138 e. The molecule has 108 valence electrons. The maximum Gasteiger partial charge on any atom is 0.138 e. The molecular formula is C16H19Cl2NO. The highest BCUT2D eigenvalue weighted by Gasteiger charge is 2.08. The van der Waals surface area contributed by atoms with Gasteiger partial charge < -0.3 is 9.64 Å². The SMILES string of the molecule is COc1cc(-c2ccccc2CN(C)C)ccc1Cl.Cl. The Morgan fingerprint density at radius 3 is 2.45 bits per heavy atom. The van der Waals surface area contributed by atoms with Crippen molar-refractivity contribution in [2.24, 2.45) is 0 Å². The Morgan fingerprint density at radius 1 is 1.10 bits per heavy atom. The first kappa shape index (κ1) is 16.8. The van der Waals surface area contributed by atoms with Crippen LogP contribution >= 0.6 is 24.0 Å². The summed E-state index contributed by atoms with van der Waals surface area (Å²) in [6.45, 7) is 0.904. The predicted molar refractivity (Wildman–Crippen MR) is 88.1 cm³/mol. The molecule has 0 aliphatic carbocycles. The predicted octanol–water partition coefficient (Wildman–Crippen LogP) is 4.50. The first-order valence-corrected chi connectivity index (χ1v) is 6.56. The van der Waals surface area contributed by atoms with Crippen molar-refractivity contribution in [2.75, 3.05) is 21.2 Å². The fourth-order valence-electron chi connectivity index (χ4n) is 2.11. The maximum atomic E-state index is 6.07. The summed E-state index contributed by atoms with van der Waals surface area (Å²) in [5.41, 5.74) is 3.63. The molecule has 2 rings (SSSR count). The van der Waals surface area contributed by atoms with Gasteiger partial charge in [0.15, 0.2) is 0 Å². The molecule has 0 aliphatic rings. The van der Waals surface area contributed by atoms with Crippen LogP contribution in [-0.2, 0) is 6.54 Å². The fourth-order valence-corrected chi connectivity index (χ4v) is 2.30. The molecule has 0 spiro atoms. The third-order valence-electron chi connectivity index (χ3n) is 2.97. The minimum atomic E-state index is 0. The molecule has 20 heavy (non-hydrogen) atoms. The number of hydrogen-bond acceptors (Lipinski definition) is 2. The van der Waals surface area contributed by atoms with Gasteiger partial charge in [-0.1, -0.05) is 41.9 Å². The number of hydrogen-bond donors (Lipinski definition) is 0. The molecule has 0 N–H and O–H groups in total. The van der Waals surface area contributed by atoms with E-state index < -0.39 is 0 Å². The normalized spacial score (nSPS) is 10.2. The molecule has 2 aromatic rings. The topological polar surface area (TPSA) is 12.5 Å². The van der Waals surface area contributed by atoms with Gasteiger partial charge in [0.05, 0.1) is 12.1 Å². The van der Waals surface area contributed by atoms with Crippen molar-refractivity contribution in [2.45, 2.75) is 6.54 Å². The van der Waals surface area contributed by atoms with Crippen LogP contribution in [0.2, 0.25) is 5.02 Å². The molecule has 0 amide bonds. The first-order valence-electron chi connectivity index (χ1n) is 6.18. The lowest BCUT2D eigenvalue weighted by Gasteiger charge is -2.15. The van der Waals surface area contributed by atoms with Crippen LogP contribution in [0.3, 0.4) is 0 Å². The maximum absolute atomic E-state index is 6.07. The van der Waals surface area contributed by atoms with Gasteiger partial charge in [0.25, 0.3) is 0 Å². The van der Waals surface area contributed by atoms with Crippen molar-refractivity contribution >= 4 is 24.0 Å². The van der Waals surface area contributed by atoms with E-state index in [1.54, 1.807) is 7.11 Å². The molecule has 0 saturated heterocycles. The van der Waals surface area contributed by atoms with E-state index in [9.17, 15) is 0 Å². The molecule has 0 fully saturated rings. The van der Waals surface area contributed by atoms with Gasteiger partial charge in [0.2, 0.25) is 0 Å². The molecule has 0 aromatic heterocycles. The summed E-state index contributed by atoms with van der Waals surface area (Å²) in [5, 5.41) is 0.636. The van der Waals surface area contributed by atoms with Crippen LogP contribution in [-0.4, -0.2) is 26.1 Å². The Balaban J connectivity index is 0.00000200. The van der Waals surface area contributed by atoms with Gasteiger partial charge in [0, 0.05) is 6.54 Å². The quantitative estimate of drug-likeness (QED) is 0.824. The highest BCUT2D eigenvalue weighted by atomic mass is 35.5. The van der Waals surface area contributed by atoms with Crippen molar-refractivity contribution in [3.63, 3.8) is 0 Å². The number of methoxy groups -OCH3 is 1. The van der Waals surface area contributed by atoms with Gasteiger partial charge >= 0.3 is 0 Å². The van der Waals surface area contributed by atoms with E-state index in [1.807, 2.05) is 18.2 Å². The summed E-state index contributed by atoms with van der Waals surface area (Å²) in [4.78, 5) is 2.16. The molecule has 0 atom stereocenters. The molecule has 0 radical (unpaired) electrons. The summed E-state index contributed by atoms with van der Waals surface area (Å²) in [6.07, 6.45) is 0. The summed E-state index contributed by atoms with van der Waals surface area (Å²) in [7, 11) is 5.77. The summed E-state index contributed by atoms with van der Waals surface area (Å²) in [5.74, 6) is 0.707. The summed E-state index contributed by atoms with van der Waals surface area (Å²) in [6, 6.07) is 14.3. The molecule has 0 aliphatic heterocycles. The average Bonchev–Trinajstić information content (AvgIpc) is 2.39. The Morgan fingerprint density at radius 2 is 1.80 bits per heavy atom.